The summed E-state index contributed by atoms with van der Waals surface area (Å²) in [6.45, 7) is 0.945. The third kappa shape index (κ3) is 4.66. The Hall–Kier alpha value is -2.74. The van der Waals surface area contributed by atoms with E-state index in [1.165, 1.54) is 12.4 Å². The molecule has 0 aliphatic heterocycles. The maximum absolute atomic E-state index is 12.2. The maximum atomic E-state index is 12.2. The summed E-state index contributed by atoms with van der Waals surface area (Å²) in [6, 6.07) is 17.4. The highest BCUT2D eigenvalue weighted by molar-refractivity contribution is 6.07. The molecule has 0 heterocycles. The van der Waals surface area contributed by atoms with Gasteiger partial charge in [0.15, 0.2) is 0 Å². The number of hydrogen-bond acceptors (Lipinski definition) is 5. The summed E-state index contributed by atoms with van der Waals surface area (Å²) in [7, 11) is 0. The Balaban J connectivity index is 2.08. The fourth-order valence-corrected chi connectivity index (χ4v) is 2.33. The lowest BCUT2D eigenvalue weighted by Gasteiger charge is -2.26. The molecule has 7 nitrogen and oxygen atoms in total. The van der Waals surface area contributed by atoms with Crippen molar-refractivity contribution >= 4 is 11.8 Å². The van der Waals surface area contributed by atoms with Gasteiger partial charge >= 0.3 is 0 Å². The van der Waals surface area contributed by atoms with E-state index in [2.05, 4.69) is 5.32 Å². The number of hydrogen-bond donors (Lipinski definition) is 4. The van der Waals surface area contributed by atoms with Gasteiger partial charge in [0.25, 0.3) is 11.8 Å². The molecule has 2 aromatic rings. The van der Waals surface area contributed by atoms with Gasteiger partial charge in [-0.3, -0.25) is 14.8 Å². The topological polar surface area (TPSA) is 108 Å². The SMILES string of the molecule is CC(OCc1ccc(-c2ccccc2)cc1)(C(=O)NO)C(=O)NCCO. The molecule has 0 fully saturated rings. The fraction of sp³-hybridized carbons (Fsp3) is 0.263. The second-order valence-electron chi connectivity index (χ2n) is 5.81. The molecule has 0 saturated carbocycles. The number of nitrogens with one attached hydrogen (secondary N) is 2. The molecule has 0 aromatic heterocycles. The number of carbonyl (C=O) groups is 2. The van der Waals surface area contributed by atoms with Gasteiger partial charge in [0.2, 0.25) is 5.60 Å². The second-order valence-corrected chi connectivity index (χ2v) is 5.81. The van der Waals surface area contributed by atoms with Crippen molar-refractivity contribution in [2.45, 2.75) is 19.1 Å². The van der Waals surface area contributed by atoms with E-state index in [9.17, 15) is 9.59 Å². The number of rotatable bonds is 8. The zero-order chi connectivity index (χ0) is 19.0. The van der Waals surface area contributed by atoms with Crippen LogP contribution in [0.15, 0.2) is 54.6 Å². The molecule has 4 N–H and O–H groups in total. The van der Waals surface area contributed by atoms with Gasteiger partial charge in [-0.05, 0) is 23.6 Å². The molecule has 0 bridgehead atoms. The number of hydroxylamine groups is 1. The highest BCUT2D eigenvalue weighted by Gasteiger charge is 2.42. The minimum Gasteiger partial charge on any atom is -0.395 e. The summed E-state index contributed by atoms with van der Waals surface area (Å²) in [6.07, 6.45) is 0. The summed E-state index contributed by atoms with van der Waals surface area (Å²) in [5, 5.41) is 20.1. The summed E-state index contributed by atoms with van der Waals surface area (Å²) in [5.41, 5.74) is 2.38. The fourth-order valence-electron chi connectivity index (χ4n) is 2.33. The van der Waals surface area contributed by atoms with Crippen LogP contribution in [-0.2, 0) is 20.9 Å². The zero-order valence-corrected chi connectivity index (χ0v) is 14.4. The van der Waals surface area contributed by atoms with Crippen molar-refractivity contribution in [2.24, 2.45) is 0 Å². The van der Waals surface area contributed by atoms with Gasteiger partial charge in [-0.1, -0.05) is 54.6 Å². The molecule has 7 heteroatoms. The zero-order valence-electron chi connectivity index (χ0n) is 14.4. The average Bonchev–Trinajstić information content (AvgIpc) is 2.70. The van der Waals surface area contributed by atoms with Crippen LogP contribution < -0.4 is 10.8 Å². The Kier molecular flexibility index (Phi) is 6.85. The average molecular weight is 358 g/mol. The van der Waals surface area contributed by atoms with Crippen molar-refractivity contribution in [1.29, 1.82) is 0 Å². The Morgan fingerprint density at radius 2 is 1.62 bits per heavy atom. The molecule has 138 valence electrons. The number of aliphatic hydroxyl groups excluding tert-OH is 1. The van der Waals surface area contributed by atoms with Crippen molar-refractivity contribution < 1.29 is 24.6 Å². The van der Waals surface area contributed by atoms with Gasteiger partial charge in [-0.2, -0.15) is 0 Å². The van der Waals surface area contributed by atoms with Gasteiger partial charge in [0.05, 0.1) is 13.2 Å². The van der Waals surface area contributed by atoms with E-state index in [-0.39, 0.29) is 19.8 Å². The third-order valence-electron chi connectivity index (χ3n) is 3.95. The lowest BCUT2D eigenvalue weighted by Crippen LogP contribution is -2.56. The summed E-state index contributed by atoms with van der Waals surface area (Å²) >= 11 is 0. The van der Waals surface area contributed by atoms with Crippen LogP contribution in [0.4, 0.5) is 0 Å². The van der Waals surface area contributed by atoms with Gasteiger partial charge < -0.3 is 15.2 Å². The predicted molar refractivity (Wildman–Crippen MR) is 95.1 cm³/mol. The molecule has 2 amide bonds. The number of carbonyl (C=O) groups excluding carboxylic acids is 2. The Morgan fingerprint density at radius 1 is 1.00 bits per heavy atom. The van der Waals surface area contributed by atoms with Crippen LogP contribution in [-0.4, -0.2) is 40.9 Å². The highest BCUT2D eigenvalue weighted by Crippen LogP contribution is 2.21. The number of aliphatic hydroxyl groups is 1. The normalized spacial score (nSPS) is 12.9. The van der Waals surface area contributed by atoms with E-state index in [0.717, 1.165) is 16.7 Å². The van der Waals surface area contributed by atoms with Gasteiger partial charge in [-0.25, -0.2) is 5.48 Å². The largest absolute Gasteiger partial charge is 0.395 e. The van der Waals surface area contributed by atoms with E-state index in [1.54, 1.807) is 0 Å². The first-order valence-corrected chi connectivity index (χ1v) is 8.13. The monoisotopic (exact) mass is 358 g/mol. The lowest BCUT2D eigenvalue weighted by molar-refractivity contribution is -0.166. The van der Waals surface area contributed by atoms with Gasteiger partial charge in [0, 0.05) is 6.54 Å². The van der Waals surface area contributed by atoms with E-state index in [0.29, 0.717) is 0 Å². The molecule has 0 aliphatic carbocycles. The van der Waals surface area contributed by atoms with Crippen LogP contribution in [0.1, 0.15) is 12.5 Å². The van der Waals surface area contributed by atoms with Crippen molar-refractivity contribution in [3.8, 4) is 11.1 Å². The minimum absolute atomic E-state index is 0.00840. The standard InChI is InChI=1S/C19H22N2O5/c1-19(18(24)21-25,17(23)20-11-12-22)26-13-14-7-9-16(10-8-14)15-5-3-2-4-6-15/h2-10,22,25H,11-13H2,1H3,(H,20,23)(H,21,24). The minimum atomic E-state index is -1.93. The van der Waals surface area contributed by atoms with Crippen LogP contribution >= 0.6 is 0 Å². The van der Waals surface area contributed by atoms with Crippen LogP contribution in [0.25, 0.3) is 11.1 Å². The molecule has 2 rings (SSSR count). The molecule has 0 radical (unpaired) electrons. The van der Waals surface area contributed by atoms with Crippen LogP contribution in [0.5, 0.6) is 0 Å². The first kappa shape index (κ1) is 19.6. The molecule has 0 aliphatic rings. The number of ether oxygens (including phenoxy) is 1. The summed E-state index contributed by atoms with van der Waals surface area (Å²) in [4.78, 5) is 24.1. The molecule has 26 heavy (non-hydrogen) atoms. The Bertz CT molecular complexity index is 733. The third-order valence-corrected chi connectivity index (χ3v) is 3.95. The van der Waals surface area contributed by atoms with Crippen molar-refractivity contribution in [3.63, 3.8) is 0 Å². The Labute approximate surface area is 151 Å². The summed E-state index contributed by atoms with van der Waals surface area (Å²) in [5.74, 6) is -1.74. The van der Waals surface area contributed by atoms with E-state index in [4.69, 9.17) is 15.1 Å². The molecular formula is C19H22N2O5. The highest BCUT2D eigenvalue weighted by atomic mass is 16.5. The quantitative estimate of drug-likeness (QED) is 0.323. The van der Waals surface area contributed by atoms with Crippen molar-refractivity contribution in [3.05, 3.63) is 60.2 Å². The first-order valence-electron chi connectivity index (χ1n) is 8.13. The van der Waals surface area contributed by atoms with E-state index >= 15 is 0 Å². The van der Waals surface area contributed by atoms with Crippen LogP contribution in [0.3, 0.4) is 0 Å². The second kappa shape index (κ2) is 9.10. The van der Waals surface area contributed by atoms with Crippen molar-refractivity contribution in [1.82, 2.24) is 10.8 Å². The van der Waals surface area contributed by atoms with Crippen molar-refractivity contribution in [2.75, 3.05) is 13.2 Å². The van der Waals surface area contributed by atoms with E-state index < -0.39 is 17.4 Å². The van der Waals surface area contributed by atoms with E-state index in [1.807, 2.05) is 54.6 Å². The smallest absolute Gasteiger partial charge is 0.285 e. The Morgan fingerprint density at radius 3 is 2.19 bits per heavy atom. The summed E-state index contributed by atoms with van der Waals surface area (Å²) < 4.78 is 5.51. The van der Waals surface area contributed by atoms with Gasteiger partial charge in [-0.15, -0.1) is 0 Å². The molecule has 0 spiro atoms. The molecular weight excluding hydrogens is 336 g/mol. The molecule has 2 aromatic carbocycles. The van der Waals surface area contributed by atoms with Gasteiger partial charge in [0.1, 0.15) is 0 Å². The molecule has 1 atom stereocenters. The number of amides is 2. The molecule has 0 saturated heterocycles. The number of benzene rings is 2. The maximum Gasteiger partial charge on any atom is 0.285 e. The lowest BCUT2D eigenvalue weighted by atomic mass is 10.0. The molecule has 1 unspecified atom stereocenters. The van der Waals surface area contributed by atoms with Crippen LogP contribution in [0.2, 0.25) is 0 Å². The predicted octanol–water partition coefficient (Wildman–Crippen LogP) is 1.24. The first-order chi connectivity index (χ1) is 12.5. The van der Waals surface area contributed by atoms with Crippen LogP contribution in [0, 0.1) is 0 Å².